The van der Waals surface area contributed by atoms with E-state index in [4.69, 9.17) is 15.0 Å². The van der Waals surface area contributed by atoms with Gasteiger partial charge >= 0.3 is 0 Å². The normalized spacial score (nSPS) is 11.6. The molecule has 5 nitrogen and oxygen atoms in total. The van der Waals surface area contributed by atoms with Crippen LogP contribution in [0.5, 0.6) is 0 Å². The number of pyridine rings is 1. The van der Waals surface area contributed by atoms with Crippen LogP contribution in [0, 0.1) is 0 Å². The number of fused-ring (bicyclic) bond motifs is 6. The van der Waals surface area contributed by atoms with Crippen molar-refractivity contribution in [1.82, 2.24) is 24.1 Å². The summed E-state index contributed by atoms with van der Waals surface area (Å²) in [6.07, 6.45) is 2.15. The van der Waals surface area contributed by atoms with Crippen LogP contribution in [0.4, 0.5) is 0 Å². The van der Waals surface area contributed by atoms with E-state index in [9.17, 15) is 0 Å². The molecule has 6 aromatic carbocycles. The summed E-state index contributed by atoms with van der Waals surface area (Å²) in [5, 5.41) is 4.41. The van der Waals surface area contributed by atoms with Gasteiger partial charge in [-0.1, -0.05) is 121 Å². The maximum absolute atomic E-state index is 5.44. The van der Waals surface area contributed by atoms with Gasteiger partial charge in [0, 0.05) is 39.0 Å². The van der Waals surface area contributed by atoms with E-state index in [1.54, 1.807) is 0 Å². The fourth-order valence-corrected chi connectivity index (χ4v) is 7.26. The molecule has 0 atom stereocenters. The topological polar surface area (TPSA) is 48.5 Å². The van der Waals surface area contributed by atoms with Crippen LogP contribution in [0.15, 0.2) is 176 Å². The van der Waals surface area contributed by atoms with Crippen molar-refractivity contribution >= 4 is 43.6 Å². The zero-order chi connectivity index (χ0) is 33.0. The first-order valence-electron chi connectivity index (χ1n) is 16.8. The van der Waals surface area contributed by atoms with Crippen molar-refractivity contribution in [3.05, 3.63) is 176 Å². The minimum Gasteiger partial charge on any atom is -0.316 e. The lowest BCUT2D eigenvalue weighted by Crippen LogP contribution is -2.04. The SMILES string of the molecule is c1ccc(-c2cc(-c3ccccc3)nc(-c3nc(-n4c5ccccc5c5ccc6c(ccn6-c6ccccc6)c54)nc4ccccc34)c2)cc1. The van der Waals surface area contributed by atoms with Gasteiger partial charge in [0.2, 0.25) is 5.95 Å². The summed E-state index contributed by atoms with van der Waals surface area (Å²) in [4.78, 5) is 16.0. The Balaban J connectivity index is 1.28. The number of rotatable bonds is 5. The second-order valence-corrected chi connectivity index (χ2v) is 12.5. The van der Waals surface area contributed by atoms with E-state index >= 15 is 0 Å². The third-order valence-corrected chi connectivity index (χ3v) is 9.57. The maximum Gasteiger partial charge on any atom is 0.235 e. The molecule has 0 aliphatic heterocycles. The van der Waals surface area contributed by atoms with Crippen LogP contribution >= 0.6 is 0 Å². The smallest absolute Gasteiger partial charge is 0.235 e. The van der Waals surface area contributed by atoms with E-state index in [1.807, 2.05) is 30.3 Å². The van der Waals surface area contributed by atoms with Crippen molar-refractivity contribution in [2.24, 2.45) is 0 Å². The number of aromatic nitrogens is 5. The van der Waals surface area contributed by atoms with Crippen LogP contribution in [0.1, 0.15) is 0 Å². The van der Waals surface area contributed by atoms with Crippen LogP contribution in [0.2, 0.25) is 0 Å². The van der Waals surface area contributed by atoms with E-state index in [1.165, 1.54) is 0 Å². The van der Waals surface area contributed by atoms with Gasteiger partial charge in [-0.25, -0.2) is 15.0 Å². The number of benzene rings is 6. The Bertz CT molecular complexity index is 2800. The predicted molar refractivity (Wildman–Crippen MR) is 205 cm³/mol. The van der Waals surface area contributed by atoms with Gasteiger partial charge in [-0.3, -0.25) is 4.57 Å². The Labute approximate surface area is 288 Å². The summed E-state index contributed by atoms with van der Waals surface area (Å²) >= 11 is 0. The van der Waals surface area contributed by atoms with E-state index in [0.717, 1.165) is 83.1 Å². The lowest BCUT2D eigenvalue weighted by Gasteiger charge is -2.14. The van der Waals surface area contributed by atoms with Gasteiger partial charge in [-0.05, 0) is 59.7 Å². The van der Waals surface area contributed by atoms with Crippen LogP contribution in [-0.4, -0.2) is 24.1 Å². The molecule has 0 bridgehead atoms. The van der Waals surface area contributed by atoms with Crippen LogP contribution in [-0.2, 0) is 0 Å². The minimum atomic E-state index is 0.609. The van der Waals surface area contributed by atoms with E-state index in [-0.39, 0.29) is 0 Å². The molecule has 0 spiro atoms. The van der Waals surface area contributed by atoms with Gasteiger partial charge in [0.05, 0.1) is 33.5 Å². The Morgan fingerprint density at radius 1 is 0.400 bits per heavy atom. The van der Waals surface area contributed by atoms with E-state index in [0.29, 0.717) is 5.95 Å². The lowest BCUT2D eigenvalue weighted by atomic mass is 10.0. The summed E-state index contributed by atoms with van der Waals surface area (Å²) in [6, 6.07) is 59.1. The molecule has 0 fully saturated rings. The third-order valence-electron chi connectivity index (χ3n) is 9.57. The van der Waals surface area contributed by atoms with Gasteiger partial charge in [0.25, 0.3) is 0 Å². The molecule has 10 rings (SSSR count). The first-order valence-corrected chi connectivity index (χ1v) is 16.8. The Hall–Kier alpha value is -6.85. The largest absolute Gasteiger partial charge is 0.316 e. The monoisotopic (exact) mass is 639 g/mol. The molecule has 0 saturated carbocycles. The van der Waals surface area contributed by atoms with Crippen LogP contribution in [0.3, 0.4) is 0 Å². The molecule has 5 heteroatoms. The zero-order valence-corrected chi connectivity index (χ0v) is 27.0. The summed E-state index contributed by atoms with van der Waals surface area (Å²) < 4.78 is 4.48. The molecule has 0 unspecified atom stereocenters. The second kappa shape index (κ2) is 11.4. The molecule has 0 amide bonds. The van der Waals surface area contributed by atoms with Crippen molar-refractivity contribution in [2.75, 3.05) is 0 Å². The van der Waals surface area contributed by atoms with Gasteiger partial charge in [0.1, 0.15) is 5.69 Å². The van der Waals surface area contributed by atoms with Gasteiger partial charge < -0.3 is 4.57 Å². The van der Waals surface area contributed by atoms with Gasteiger partial charge in [-0.2, -0.15) is 0 Å². The number of nitrogens with zero attached hydrogens (tertiary/aromatic N) is 5. The number of para-hydroxylation sites is 3. The van der Waals surface area contributed by atoms with E-state index in [2.05, 4.69) is 155 Å². The van der Waals surface area contributed by atoms with E-state index < -0.39 is 0 Å². The highest BCUT2D eigenvalue weighted by Gasteiger charge is 2.21. The molecule has 0 radical (unpaired) electrons. The quantitative estimate of drug-likeness (QED) is 0.188. The third kappa shape index (κ3) is 4.52. The average molecular weight is 640 g/mol. The average Bonchev–Trinajstić information content (AvgIpc) is 3.78. The predicted octanol–water partition coefficient (Wildman–Crippen LogP) is 11.1. The highest BCUT2D eigenvalue weighted by molar-refractivity contribution is 6.18. The fraction of sp³-hybridized carbons (Fsp3) is 0. The molecular weight excluding hydrogens is 611 g/mol. The Kier molecular flexibility index (Phi) is 6.42. The molecule has 4 heterocycles. The molecular formula is C45H29N5. The standard InChI is InChI=1S/C45H29N5/c1-4-14-30(15-5-1)32-28-39(31-16-6-2-7-17-31)46-40(29-32)43-36-21-10-12-22-38(36)47-45(48-43)50-42-23-13-11-20-34(42)35-24-25-41-37(44(35)50)26-27-49(41)33-18-8-3-9-19-33/h1-29H. The second-order valence-electron chi connectivity index (χ2n) is 12.5. The molecule has 0 aliphatic carbocycles. The van der Waals surface area contributed by atoms with Gasteiger partial charge in [0.15, 0.2) is 0 Å². The molecule has 0 N–H and O–H groups in total. The summed E-state index contributed by atoms with van der Waals surface area (Å²) in [5.74, 6) is 0.609. The highest BCUT2D eigenvalue weighted by Crippen LogP contribution is 2.39. The van der Waals surface area contributed by atoms with Crippen molar-refractivity contribution in [3.63, 3.8) is 0 Å². The summed E-state index contributed by atoms with van der Waals surface area (Å²) in [7, 11) is 0. The van der Waals surface area contributed by atoms with Crippen LogP contribution in [0.25, 0.3) is 89.0 Å². The summed E-state index contributed by atoms with van der Waals surface area (Å²) in [5.41, 5.74) is 11.0. The Morgan fingerprint density at radius 3 is 1.86 bits per heavy atom. The summed E-state index contributed by atoms with van der Waals surface area (Å²) in [6.45, 7) is 0. The van der Waals surface area contributed by atoms with Crippen molar-refractivity contribution in [3.8, 4) is 45.4 Å². The van der Waals surface area contributed by atoms with Crippen molar-refractivity contribution < 1.29 is 0 Å². The molecule has 234 valence electrons. The van der Waals surface area contributed by atoms with Crippen LogP contribution < -0.4 is 0 Å². The lowest BCUT2D eigenvalue weighted by molar-refractivity contribution is 1.01. The van der Waals surface area contributed by atoms with Gasteiger partial charge in [-0.15, -0.1) is 0 Å². The van der Waals surface area contributed by atoms with Crippen molar-refractivity contribution in [1.29, 1.82) is 0 Å². The minimum absolute atomic E-state index is 0.609. The highest BCUT2D eigenvalue weighted by atomic mass is 15.2. The number of hydrogen-bond acceptors (Lipinski definition) is 3. The molecule has 50 heavy (non-hydrogen) atoms. The molecule has 4 aromatic heterocycles. The Morgan fingerprint density at radius 2 is 1.06 bits per heavy atom. The molecule has 0 saturated heterocycles. The molecule has 0 aliphatic rings. The first kappa shape index (κ1) is 28.2. The maximum atomic E-state index is 5.44. The first-order chi connectivity index (χ1) is 24.8. The van der Waals surface area contributed by atoms with Crippen molar-refractivity contribution in [2.45, 2.75) is 0 Å². The zero-order valence-electron chi connectivity index (χ0n) is 27.0. The number of hydrogen-bond donors (Lipinski definition) is 0. The fourth-order valence-electron chi connectivity index (χ4n) is 7.26. The molecule has 10 aromatic rings.